The topological polar surface area (TPSA) is 101 Å². The number of benzene rings is 1. The first-order valence-corrected chi connectivity index (χ1v) is 6.10. The SMILES string of the molecule is Oc1ccc(CNCCCc2ncc[nH]2)c(O)c1O. The Morgan fingerprint density at radius 3 is 2.74 bits per heavy atom. The van der Waals surface area contributed by atoms with E-state index >= 15 is 0 Å². The first-order chi connectivity index (χ1) is 9.18. The number of rotatable bonds is 6. The van der Waals surface area contributed by atoms with Crippen molar-refractivity contribution in [1.29, 1.82) is 0 Å². The van der Waals surface area contributed by atoms with Crippen LogP contribution in [0.4, 0.5) is 0 Å². The third-order valence-electron chi connectivity index (χ3n) is 2.85. The number of H-pyrrole nitrogens is 1. The maximum atomic E-state index is 9.62. The maximum Gasteiger partial charge on any atom is 0.200 e. The van der Waals surface area contributed by atoms with E-state index in [4.69, 9.17) is 0 Å². The second kappa shape index (κ2) is 6.10. The Morgan fingerprint density at radius 1 is 1.16 bits per heavy atom. The third kappa shape index (κ3) is 3.38. The molecule has 0 aliphatic rings. The molecule has 5 N–H and O–H groups in total. The number of phenolic OH excluding ortho intramolecular Hbond substituents is 3. The molecule has 0 unspecified atom stereocenters. The first kappa shape index (κ1) is 13.2. The minimum Gasteiger partial charge on any atom is -0.504 e. The van der Waals surface area contributed by atoms with Crippen LogP contribution in [0.3, 0.4) is 0 Å². The summed E-state index contributed by atoms with van der Waals surface area (Å²) in [5, 5.41) is 31.4. The summed E-state index contributed by atoms with van der Waals surface area (Å²) in [6.07, 6.45) is 5.28. The molecule has 2 aromatic rings. The molecule has 0 atom stereocenters. The van der Waals surface area contributed by atoms with Crippen molar-refractivity contribution in [2.75, 3.05) is 6.54 Å². The molecule has 6 heteroatoms. The van der Waals surface area contributed by atoms with Gasteiger partial charge in [0.15, 0.2) is 11.5 Å². The van der Waals surface area contributed by atoms with Gasteiger partial charge in [-0.3, -0.25) is 0 Å². The zero-order chi connectivity index (χ0) is 13.7. The van der Waals surface area contributed by atoms with E-state index < -0.39 is 5.75 Å². The Balaban J connectivity index is 1.75. The van der Waals surface area contributed by atoms with Gasteiger partial charge in [0.25, 0.3) is 0 Å². The van der Waals surface area contributed by atoms with Gasteiger partial charge in [-0.15, -0.1) is 0 Å². The molecule has 0 aliphatic carbocycles. The van der Waals surface area contributed by atoms with Crippen LogP contribution in [0.25, 0.3) is 0 Å². The number of aromatic hydroxyl groups is 3. The largest absolute Gasteiger partial charge is 0.504 e. The molecule has 102 valence electrons. The molecule has 0 fully saturated rings. The van der Waals surface area contributed by atoms with Crippen molar-refractivity contribution >= 4 is 0 Å². The Kier molecular flexibility index (Phi) is 4.25. The van der Waals surface area contributed by atoms with Crippen LogP contribution in [0, 0.1) is 0 Å². The summed E-state index contributed by atoms with van der Waals surface area (Å²) in [7, 11) is 0. The number of nitrogens with zero attached hydrogens (tertiary/aromatic N) is 1. The van der Waals surface area contributed by atoms with Gasteiger partial charge in [-0.1, -0.05) is 6.07 Å². The summed E-state index contributed by atoms with van der Waals surface area (Å²) in [5.41, 5.74) is 0.549. The van der Waals surface area contributed by atoms with Gasteiger partial charge in [-0.25, -0.2) is 4.98 Å². The maximum absolute atomic E-state index is 9.62. The van der Waals surface area contributed by atoms with Crippen LogP contribution in [-0.2, 0) is 13.0 Å². The molecule has 0 spiro atoms. The minimum absolute atomic E-state index is 0.279. The molecule has 0 radical (unpaired) electrons. The lowest BCUT2D eigenvalue weighted by molar-refractivity contribution is 0.364. The molecule has 1 aromatic heterocycles. The highest BCUT2D eigenvalue weighted by Gasteiger charge is 2.10. The Bertz CT molecular complexity index is 526. The number of hydrogen-bond acceptors (Lipinski definition) is 5. The van der Waals surface area contributed by atoms with Crippen molar-refractivity contribution in [3.05, 3.63) is 35.9 Å². The van der Waals surface area contributed by atoms with E-state index in [1.807, 2.05) is 0 Å². The predicted octanol–water partition coefficient (Wildman–Crippen LogP) is 1.25. The zero-order valence-electron chi connectivity index (χ0n) is 10.4. The fraction of sp³-hybridized carbons (Fsp3) is 0.308. The van der Waals surface area contributed by atoms with Gasteiger partial charge >= 0.3 is 0 Å². The minimum atomic E-state index is -0.477. The number of phenols is 3. The average Bonchev–Trinajstić information content (AvgIpc) is 2.91. The van der Waals surface area contributed by atoms with Crippen LogP contribution in [-0.4, -0.2) is 31.8 Å². The molecule has 0 saturated heterocycles. The monoisotopic (exact) mass is 263 g/mol. The first-order valence-electron chi connectivity index (χ1n) is 6.10. The summed E-state index contributed by atoms with van der Waals surface area (Å²) in [5.74, 6) is -0.126. The van der Waals surface area contributed by atoms with Gasteiger partial charge in [-0.05, 0) is 19.0 Å². The van der Waals surface area contributed by atoms with E-state index in [9.17, 15) is 15.3 Å². The van der Waals surface area contributed by atoms with Gasteiger partial charge in [0, 0.05) is 30.9 Å². The van der Waals surface area contributed by atoms with Crippen LogP contribution in [0.1, 0.15) is 17.8 Å². The number of imidazole rings is 1. The predicted molar refractivity (Wildman–Crippen MR) is 70.1 cm³/mol. The molecular weight excluding hydrogens is 246 g/mol. The molecule has 0 amide bonds. The van der Waals surface area contributed by atoms with E-state index in [0.717, 1.165) is 25.2 Å². The van der Waals surface area contributed by atoms with E-state index in [2.05, 4.69) is 15.3 Å². The number of aryl methyl sites for hydroxylation is 1. The van der Waals surface area contributed by atoms with Crippen LogP contribution in [0.2, 0.25) is 0 Å². The highest BCUT2D eigenvalue weighted by Crippen LogP contribution is 2.36. The second-order valence-electron chi connectivity index (χ2n) is 4.26. The molecule has 0 aliphatic heterocycles. The summed E-state index contributed by atoms with van der Waals surface area (Å²) in [6.45, 7) is 1.19. The van der Waals surface area contributed by atoms with Crippen LogP contribution in [0.5, 0.6) is 17.2 Å². The fourth-order valence-electron chi connectivity index (χ4n) is 1.79. The average molecular weight is 263 g/mol. The number of aromatic nitrogens is 2. The van der Waals surface area contributed by atoms with Crippen molar-refractivity contribution in [2.24, 2.45) is 0 Å². The van der Waals surface area contributed by atoms with E-state index in [0.29, 0.717) is 12.1 Å². The molecule has 0 bridgehead atoms. The second-order valence-corrected chi connectivity index (χ2v) is 4.26. The zero-order valence-corrected chi connectivity index (χ0v) is 10.4. The van der Waals surface area contributed by atoms with E-state index in [1.54, 1.807) is 18.5 Å². The molecule has 6 nitrogen and oxygen atoms in total. The summed E-state index contributed by atoms with van der Waals surface area (Å²) in [4.78, 5) is 7.15. The van der Waals surface area contributed by atoms with E-state index in [1.165, 1.54) is 6.07 Å². The lowest BCUT2D eigenvalue weighted by Gasteiger charge is -2.08. The molecule has 0 saturated carbocycles. The van der Waals surface area contributed by atoms with Crippen molar-refractivity contribution in [3.8, 4) is 17.2 Å². The van der Waals surface area contributed by atoms with Gasteiger partial charge < -0.3 is 25.6 Å². The number of hydrogen-bond donors (Lipinski definition) is 5. The van der Waals surface area contributed by atoms with Gasteiger partial charge in [0.1, 0.15) is 5.82 Å². The normalized spacial score (nSPS) is 10.7. The third-order valence-corrected chi connectivity index (χ3v) is 2.85. The van der Waals surface area contributed by atoms with Crippen molar-refractivity contribution < 1.29 is 15.3 Å². The lowest BCUT2D eigenvalue weighted by Crippen LogP contribution is -2.15. The van der Waals surface area contributed by atoms with E-state index in [-0.39, 0.29) is 11.5 Å². The van der Waals surface area contributed by atoms with Crippen molar-refractivity contribution in [1.82, 2.24) is 15.3 Å². The van der Waals surface area contributed by atoms with Crippen LogP contribution < -0.4 is 5.32 Å². The standard InChI is InChI=1S/C13H17N3O3/c17-10-4-3-9(12(18)13(10)19)8-14-5-1-2-11-15-6-7-16-11/h3-4,6-7,14,17-19H,1-2,5,8H2,(H,15,16). The summed E-state index contributed by atoms with van der Waals surface area (Å²) >= 11 is 0. The molecule has 1 aromatic carbocycles. The Morgan fingerprint density at radius 2 is 2.00 bits per heavy atom. The summed E-state index contributed by atoms with van der Waals surface area (Å²) < 4.78 is 0. The molecule has 19 heavy (non-hydrogen) atoms. The lowest BCUT2D eigenvalue weighted by atomic mass is 10.1. The quantitative estimate of drug-likeness (QED) is 0.399. The highest BCUT2D eigenvalue weighted by atomic mass is 16.3. The van der Waals surface area contributed by atoms with Gasteiger partial charge in [0.2, 0.25) is 5.75 Å². The highest BCUT2D eigenvalue weighted by molar-refractivity contribution is 5.52. The fourth-order valence-corrected chi connectivity index (χ4v) is 1.79. The van der Waals surface area contributed by atoms with Crippen molar-refractivity contribution in [2.45, 2.75) is 19.4 Å². The molecule has 2 rings (SSSR count). The molecular formula is C13H17N3O3. The van der Waals surface area contributed by atoms with Crippen LogP contribution >= 0.6 is 0 Å². The molecule has 1 heterocycles. The Labute approximate surface area is 110 Å². The van der Waals surface area contributed by atoms with Gasteiger partial charge in [-0.2, -0.15) is 0 Å². The van der Waals surface area contributed by atoms with Gasteiger partial charge in [0.05, 0.1) is 0 Å². The summed E-state index contributed by atoms with van der Waals surface area (Å²) in [6, 6.07) is 2.93. The smallest absolute Gasteiger partial charge is 0.200 e. The van der Waals surface area contributed by atoms with Crippen molar-refractivity contribution in [3.63, 3.8) is 0 Å². The van der Waals surface area contributed by atoms with Crippen LogP contribution in [0.15, 0.2) is 24.5 Å². The number of nitrogens with one attached hydrogen (secondary N) is 2. The number of aromatic amines is 1. The Hall–Kier alpha value is -2.21.